The Labute approximate surface area is 124 Å². The molecule has 0 N–H and O–H groups in total. The van der Waals surface area contributed by atoms with Gasteiger partial charge in [-0.05, 0) is 60.9 Å². The summed E-state index contributed by atoms with van der Waals surface area (Å²) in [5.41, 5.74) is 3.24. The highest BCUT2D eigenvalue weighted by molar-refractivity contribution is 5.85. The Morgan fingerprint density at radius 2 is 1.62 bits per heavy atom. The minimum absolute atomic E-state index is 0.226. The van der Waals surface area contributed by atoms with Crippen LogP contribution >= 0.6 is 0 Å². The maximum atomic E-state index is 13.2. The molecule has 0 atom stereocenters. The van der Waals surface area contributed by atoms with Crippen molar-refractivity contribution in [3.8, 4) is 11.5 Å². The summed E-state index contributed by atoms with van der Waals surface area (Å²) >= 11 is 0. The molecule has 0 heterocycles. The second-order valence-electron chi connectivity index (χ2n) is 4.76. The van der Waals surface area contributed by atoms with Crippen LogP contribution < -0.4 is 9.47 Å². The monoisotopic (exact) mass is 287 g/mol. The summed E-state index contributed by atoms with van der Waals surface area (Å²) < 4.78 is 23.8. The molecule has 0 aliphatic carbocycles. The molecule has 0 unspecified atom stereocenters. The Balaban J connectivity index is 2.34. The fraction of sp³-hybridized carbons (Fsp3) is 0.235. The lowest BCUT2D eigenvalue weighted by atomic mass is 10.1. The van der Waals surface area contributed by atoms with Crippen molar-refractivity contribution in [2.24, 2.45) is 4.99 Å². The van der Waals surface area contributed by atoms with Crippen LogP contribution in [0, 0.1) is 19.7 Å². The fourth-order valence-corrected chi connectivity index (χ4v) is 1.99. The molecular weight excluding hydrogens is 269 g/mol. The molecule has 2 aromatic carbocycles. The highest BCUT2D eigenvalue weighted by atomic mass is 19.1. The number of nitrogens with zero attached hydrogens (tertiary/aromatic N) is 1. The van der Waals surface area contributed by atoms with Crippen LogP contribution in [0.2, 0.25) is 0 Å². The van der Waals surface area contributed by atoms with Crippen LogP contribution in [0.25, 0.3) is 0 Å². The zero-order chi connectivity index (χ0) is 15.4. The lowest BCUT2D eigenvalue weighted by Crippen LogP contribution is -1.95. The van der Waals surface area contributed by atoms with Crippen LogP contribution in [-0.2, 0) is 0 Å². The van der Waals surface area contributed by atoms with Crippen LogP contribution in [0.3, 0.4) is 0 Å². The van der Waals surface area contributed by atoms with Gasteiger partial charge in [0.2, 0.25) is 0 Å². The Morgan fingerprint density at radius 1 is 0.952 bits per heavy atom. The normalized spacial score (nSPS) is 10.9. The van der Waals surface area contributed by atoms with E-state index in [1.807, 2.05) is 19.1 Å². The van der Waals surface area contributed by atoms with Crippen LogP contribution in [0.15, 0.2) is 35.3 Å². The fourth-order valence-electron chi connectivity index (χ4n) is 1.99. The van der Waals surface area contributed by atoms with Gasteiger partial charge in [-0.1, -0.05) is 0 Å². The van der Waals surface area contributed by atoms with Gasteiger partial charge in [0.15, 0.2) is 11.5 Å². The van der Waals surface area contributed by atoms with E-state index in [1.54, 1.807) is 39.5 Å². The van der Waals surface area contributed by atoms with Gasteiger partial charge in [0, 0.05) is 6.21 Å². The summed E-state index contributed by atoms with van der Waals surface area (Å²) in [7, 11) is 3.20. The molecule has 0 amide bonds. The minimum Gasteiger partial charge on any atom is -0.493 e. The van der Waals surface area contributed by atoms with Crippen molar-refractivity contribution in [2.45, 2.75) is 13.8 Å². The molecule has 0 spiro atoms. The molecule has 2 rings (SSSR count). The molecule has 3 nitrogen and oxygen atoms in total. The van der Waals surface area contributed by atoms with Gasteiger partial charge in [-0.15, -0.1) is 0 Å². The Hall–Kier alpha value is -2.36. The summed E-state index contributed by atoms with van der Waals surface area (Å²) in [5.74, 6) is 1.11. The van der Waals surface area contributed by atoms with E-state index in [1.165, 1.54) is 6.07 Å². The number of rotatable bonds is 4. The number of hydrogen-bond donors (Lipinski definition) is 0. The Kier molecular flexibility index (Phi) is 4.58. The zero-order valence-electron chi connectivity index (χ0n) is 12.6. The van der Waals surface area contributed by atoms with E-state index < -0.39 is 0 Å². The van der Waals surface area contributed by atoms with E-state index in [-0.39, 0.29) is 5.82 Å². The van der Waals surface area contributed by atoms with Gasteiger partial charge in [0.1, 0.15) is 5.82 Å². The predicted octanol–water partition coefficient (Wildman–Crippen LogP) is 4.21. The molecule has 0 bridgehead atoms. The Morgan fingerprint density at radius 3 is 2.24 bits per heavy atom. The minimum atomic E-state index is -0.226. The van der Waals surface area contributed by atoms with Crippen molar-refractivity contribution in [3.05, 3.63) is 52.8 Å². The van der Waals surface area contributed by atoms with E-state index in [4.69, 9.17) is 9.47 Å². The molecule has 0 fully saturated rings. The lowest BCUT2D eigenvalue weighted by Gasteiger charge is -2.10. The average Bonchev–Trinajstić information content (AvgIpc) is 2.49. The highest BCUT2D eigenvalue weighted by Crippen LogP contribution is 2.29. The first-order valence-electron chi connectivity index (χ1n) is 6.58. The molecular formula is C17H18FNO2. The van der Waals surface area contributed by atoms with Crippen LogP contribution in [0.1, 0.15) is 16.7 Å². The second-order valence-corrected chi connectivity index (χ2v) is 4.76. The van der Waals surface area contributed by atoms with Crippen LogP contribution in [0.5, 0.6) is 11.5 Å². The molecule has 0 aliphatic rings. The molecule has 2 aromatic rings. The van der Waals surface area contributed by atoms with Crippen molar-refractivity contribution in [1.82, 2.24) is 0 Å². The summed E-state index contributed by atoms with van der Waals surface area (Å²) in [6.45, 7) is 3.69. The molecule has 0 aromatic heterocycles. The van der Waals surface area contributed by atoms with Gasteiger partial charge in [0.05, 0.1) is 19.9 Å². The zero-order valence-corrected chi connectivity index (χ0v) is 12.6. The molecule has 0 saturated heterocycles. The molecule has 0 saturated carbocycles. The second kappa shape index (κ2) is 6.39. The quantitative estimate of drug-likeness (QED) is 0.789. The van der Waals surface area contributed by atoms with Crippen LogP contribution in [-0.4, -0.2) is 20.4 Å². The third kappa shape index (κ3) is 3.40. The number of ether oxygens (including phenoxy) is 2. The maximum absolute atomic E-state index is 13.2. The summed E-state index contributed by atoms with van der Waals surface area (Å²) in [4.78, 5) is 4.38. The van der Waals surface area contributed by atoms with Crippen LogP contribution in [0.4, 0.5) is 10.1 Å². The van der Waals surface area contributed by atoms with Gasteiger partial charge in [-0.3, -0.25) is 4.99 Å². The SMILES string of the molecule is COc1cc(C)c(C=Nc2ccc(F)c(C)c2)cc1OC. The van der Waals surface area contributed by atoms with Crippen molar-refractivity contribution in [1.29, 1.82) is 0 Å². The van der Waals surface area contributed by atoms with Gasteiger partial charge >= 0.3 is 0 Å². The topological polar surface area (TPSA) is 30.8 Å². The molecule has 0 aliphatic heterocycles. The first kappa shape index (κ1) is 15.0. The number of aliphatic imine (C=N–C) groups is 1. The van der Waals surface area contributed by atoms with Crippen molar-refractivity contribution in [2.75, 3.05) is 14.2 Å². The molecule has 21 heavy (non-hydrogen) atoms. The summed E-state index contributed by atoms with van der Waals surface area (Å²) in [5, 5.41) is 0. The number of methoxy groups -OCH3 is 2. The van der Waals surface area contributed by atoms with Gasteiger partial charge < -0.3 is 9.47 Å². The maximum Gasteiger partial charge on any atom is 0.161 e. The number of benzene rings is 2. The first-order valence-corrected chi connectivity index (χ1v) is 6.58. The van der Waals surface area contributed by atoms with E-state index in [0.29, 0.717) is 22.7 Å². The average molecular weight is 287 g/mol. The Bertz CT molecular complexity index is 681. The van der Waals surface area contributed by atoms with Gasteiger partial charge in [-0.25, -0.2) is 4.39 Å². The van der Waals surface area contributed by atoms with Gasteiger partial charge in [-0.2, -0.15) is 0 Å². The smallest absolute Gasteiger partial charge is 0.161 e. The lowest BCUT2D eigenvalue weighted by molar-refractivity contribution is 0.354. The number of aryl methyl sites for hydroxylation is 2. The third-order valence-electron chi connectivity index (χ3n) is 3.27. The van der Waals surface area contributed by atoms with E-state index in [9.17, 15) is 4.39 Å². The largest absolute Gasteiger partial charge is 0.493 e. The summed E-state index contributed by atoms with van der Waals surface area (Å²) in [6.07, 6.45) is 1.74. The molecule has 0 radical (unpaired) electrons. The number of halogens is 1. The highest BCUT2D eigenvalue weighted by Gasteiger charge is 2.07. The third-order valence-corrected chi connectivity index (χ3v) is 3.27. The first-order chi connectivity index (χ1) is 10.0. The van der Waals surface area contributed by atoms with Crippen molar-refractivity contribution in [3.63, 3.8) is 0 Å². The number of hydrogen-bond acceptors (Lipinski definition) is 3. The molecule has 110 valence electrons. The van der Waals surface area contributed by atoms with E-state index in [2.05, 4.69) is 4.99 Å². The van der Waals surface area contributed by atoms with Crippen molar-refractivity contribution < 1.29 is 13.9 Å². The summed E-state index contributed by atoms with van der Waals surface area (Å²) in [6, 6.07) is 8.55. The van der Waals surface area contributed by atoms with E-state index >= 15 is 0 Å². The predicted molar refractivity (Wildman–Crippen MR) is 82.7 cm³/mol. The standard InChI is InChI=1S/C17H18FNO2/c1-11-8-16(20-3)17(21-4)9-13(11)10-19-14-5-6-15(18)12(2)7-14/h5-10H,1-4H3. The molecule has 4 heteroatoms. The van der Waals surface area contributed by atoms with Gasteiger partial charge in [0.25, 0.3) is 0 Å². The van der Waals surface area contributed by atoms with Crippen molar-refractivity contribution >= 4 is 11.9 Å². The van der Waals surface area contributed by atoms with E-state index in [0.717, 1.165) is 11.1 Å².